The molecule has 0 saturated carbocycles. The Labute approximate surface area is 212 Å². The van der Waals surface area contributed by atoms with E-state index in [-0.39, 0.29) is 18.4 Å². The minimum Gasteiger partial charge on any atom is -0.497 e. The van der Waals surface area contributed by atoms with Crippen LogP contribution in [0.2, 0.25) is 0 Å². The zero-order valence-electron chi connectivity index (χ0n) is 20.8. The Hall–Kier alpha value is -3.20. The molecule has 0 saturated heterocycles. The largest absolute Gasteiger partial charge is 0.497 e. The van der Waals surface area contributed by atoms with Gasteiger partial charge in [0.25, 0.3) is 0 Å². The summed E-state index contributed by atoms with van der Waals surface area (Å²) in [7, 11) is 5.22. The highest BCUT2D eigenvalue weighted by Crippen LogP contribution is 2.31. The molecule has 2 heterocycles. The Morgan fingerprint density at radius 1 is 0.886 bits per heavy atom. The number of hydrogen-bond acceptors (Lipinski definition) is 7. The predicted octanol–water partition coefficient (Wildman–Crippen LogP) is 4.15. The molecule has 0 aliphatic carbocycles. The molecule has 35 heavy (non-hydrogen) atoms. The zero-order valence-corrected chi connectivity index (χ0v) is 21.6. The van der Waals surface area contributed by atoms with Crippen LogP contribution in [0.15, 0.2) is 55.0 Å². The smallest absolute Gasteiger partial charge is 0.122 e. The van der Waals surface area contributed by atoms with Gasteiger partial charge in [-0.2, -0.15) is 5.10 Å². The Morgan fingerprint density at radius 3 is 2.23 bits per heavy atom. The minimum absolute atomic E-state index is 0. The van der Waals surface area contributed by atoms with Crippen LogP contribution in [-0.2, 0) is 7.05 Å². The molecule has 0 radical (unpaired) electrons. The van der Waals surface area contributed by atoms with E-state index in [4.69, 9.17) is 14.5 Å². The van der Waals surface area contributed by atoms with Crippen LogP contribution < -0.4 is 20.1 Å². The van der Waals surface area contributed by atoms with Gasteiger partial charge in [0.2, 0.25) is 0 Å². The molecule has 0 spiro atoms. The molecule has 4 rings (SSSR count). The first kappa shape index (κ1) is 26.4. The fraction of sp³-hybridized carbons (Fsp3) is 0.346. The summed E-state index contributed by atoms with van der Waals surface area (Å²) in [6.45, 7) is 5.94. The molecule has 0 bridgehead atoms. The number of benzene rings is 2. The quantitative estimate of drug-likeness (QED) is 0.319. The van der Waals surface area contributed by atoms with Gasteiger partial charge in [0.05, 0.1) is 49.4 Å². The number of nitrogens with zero attached hydrogens (tertiary/aromatic N) is 4. The zero-order chi connectivity index (χ0) is 24.1. The van der Waals surface area contributed by atoms with Crippen molar-refractivity contribution in [3.05, 3.63) is 66.1 Å². The fourth-order valence-corrected chi connectivity index (χ4v) is 3.90. The van der Waals surface area contributed by atoms with E-state index in [0.29, 0.717) is 6.04 Å². The maximum Gasteiger partial charge on any atom is 0.122 e. The summed E-state index contributed by atoms with van der Waals surface area (Å²) in [5.74, 6) is 1.50. The molecule has 2 N–H and O–H groups in total. The number of hydrogen-bond donors (Lipinski definition) is 2. The van der Waals surface area contributed by atoms with Crippen LogP contribution >= 0.6 is 12.4 Å². The number of nitrogens with one attached hydrogen (secondary N) is 2. The van der Waals surface area contributed by atoms with Crippen molar-refractivity contribution in [3.63, 3.8) is 0 Å². The lowest BCUT2D eigenvalue weighted by atomic mass is 9.97. The first-order chi connectivity index (χ1) is 16.5. The third-order valence-electron chi connectivity index (χ3n) is 5.63. The van der Waals surface area contributed by atoms with Crippen molar-refractivity contribution in [3.8, 4) is 22.8 Å². The Balaban J connectivity index is 0.00000342. The predicted molar refractivity (Wildman–Crippen MR) is 142 cm³/mol. The summed E-state index contributed by atoms with van der Waals surface area (Å²) in [4.78, 5) is 9.50. The van der Waals surface area contributed by atoms with Crippen LogP contribution in [0.25, 0.3) is 22.3 Å². The van der Waals surface area contributed by atoms with Crippen molar-refractivity contribution in [1.29, 1.82) is 0 Å². The van der Waals surface area contributed by atoms with Crippen molar-refractivity contribution in [2.45, 2.75) is 25.9 Å². The lowest BCUT2D eigenvalue weighted by molar-refractivity contribution is 0.392. The first-order valence-electron chi connectivity index (χ1n) is 11.4. The van der Waals surface area contributed by atoms with E-state index >= 15 is 0 Å². The van der Waals surface area contributed by atoms with Crippen LogP contribution in [0.3, 0.4) is 0 Å². The van der Waals surface area contributed by atoms with Gasteiger partial charge in [-0.1, -0.05) is 19.9 Å². The monoisotopic (exact) mass is 496 g/mol. The van der Waals surface area contributed by atoms with Gasteiger partial charge in [-0.15, -0.1) is 12.4 Å². The van der Waals surface area contributed by atoms with Crippen LogP contribution in [0.1, 0.15) is 31.0 Å². The maximum absolute atomic E-state index is 5.53. The normalized spacial score (nSPS) is 11.9. The van der Waals surface area contributed by atoms with E-state index in [2.05, 4.69) is 46.7 Å². The second-order valence-corrected chi connectivity index (χ2v) is 8.55. The van der Waals surface area contributed by atoms with Gasteiger partial charge in [0.1, 0.15) is 11.5 Å². The molecule has 186 valence electrons. The summed E-state index contributed by atoms with van der Waals surface area (Å²) < 4.78 is 12.8. The second kappa shape index (κ2) is 12.0. The Bertz CT molecular complexity index is 1240. The SMILES string of the molecule is COc1cc(OC)cc([C@@H](NCCNC(C)C)c2ccc3ncc(-c4cnn(C)c4)nc3c2)c1.Cl. The molecular weight excluding hydrogens is 464 g/mol. The minimum atomic E-state index is -0.0776. The number of aromatic nitrogens is 4. The Morgan fingerprint density at radius 2 is 1.60 bits per heavy atom. The van der Waals surface area contributed by atoms with Crippen LogP contribution in [0, 0.1) is 0 Å². The number of rotatable bonds is 10. The van der Waals surface area contributed by atoms with Gasteiger partial charge >= 0.3 is 0 Å². The number of fused-ring (bicyclic) bond motifs is 1. The standard InChI is InChI=1S/C26H32N6O2.ClH/c1-17(2)27-8-9-28-26(19-10-21(33-4)13-22(11-19)34-5)18-6-7-23-24(12-18)31-25(15-29-23)20-14-30-32(3)16-20;/h6-7,10-17,26-28H,8-9H2,1-5H3;1H/t26-;/m0./s1. The number of aryl methyl sites for hydroxylation is 1. The number of ether oxygens (including phenoxy) is 2. The van der Waals surface area contributed by atoms with E-state index in [1.807, 2.05) is 37.5 Å². The highest BCUT2D eigenvalue weighted by Gasteiger charge is 2.17. The van der Waals surface area contributed by atoms with E-state index in [1.165, 1.54) is 0 Å². The number of methoxy groups -OCH3 is 2. The molecule has 8 nitrogen and oxygen atoms in total. The van der Waals surface area contributed by atoms with Gasteiger partial charge in [0, 0.05) is 44.0 Å². The molecule has 2 aromatic heterocycles. The summed E-state index contributed by atoms with van der Waals surface area (Å²) in [6, 6.07) is 12.5. The average molecular weight is 497 g/mol. The second-order valence-electron chi connectivity index (χ2n) is 8.55. The lowest BCUT2D eigenvalue weighted by Gasteiger charge is -2.22. The molecule has 2 aromatic carbocycles. The molecule has 4 aromatic rings. The number of halogens is 1. The van der Waals surface area contributed by atoms with Crippen LogP contribution in [-0.4, -0.2) is 53.1 Å². The highest BCUT2D eigenvalue weighted by atomic mass is 35.5. The molecule has 0 aliphatic heterocycles. The van der Waals surface area contributed by atoms with Crippen LogP contribution in [0.5, 0.6) is 11.5 Å². The van der Waals surface area contributed by atoms with Crippen molar-refractivity contribution in [1.82, 2.24) is 30.4 Å². The highest BCUT2D eigenvalue weighted by molar-refractivity contribution is 5.85. The molecule has 0 unspecified atom stereocenters. The third-order valence-corrected chi connectivity index (χ3v) is 5.63. The average Bonchev–Trinajstić information content (AvgIpc) is 3.29. The summed E-state index contributed by atoms with van der Waals surface area (Å²) in [5.41, 5.74) is 5.56. The summed E-state index contributed by atoms with van der Waals surface area (Å²) in [6.07, 6.45) is 5.53. The van der Waals surface area contributed by atoms with E-state index in [0.717, 1.165) is 58.0 Å². The molecule has 0 aliphatic rings. The van der Waals surface area contributed by atoms with E-state index in [9.17, 15) is 0 Å². The van der Waals surface area contributed by atoms with Crippen molar-refractivity contribution in [2.24, 2.45) is 7.05 Å². The maximum atomic E-state index is 5.53. The molecule has 9 heteroatoms. The fourth-order valence-electron chi connectivity index (χ4n) is 3.90. The van der Waals surface area contributed by atoms with Crippen molar-refractivity contribution < 1.29 is 9.47 Å². The van der Waals surface area contributed by atoms with Crippen molar-refractivity contribution in [2.75, 3.05) is 27.3 Å². The molecule has 0 fully saturated rings. The van der Waals surface area contributed by atoms with Crippen molar-refractivity contribution >= 4 is 23.4 Å². The van der Waals surface area contributed by atoms with Gasteiger partial charge in [-0.25, -0.2) is 4.98 Å². The molecule has 1 atom stereocenters. The van der Waals surface area contributed by atoms with E-state index < -0.39 is 0 Å². The Kier molecular flexibility index (Phi) is 9.03. The topological polar surface area (TPSA) is 86.1 Å². The van der Waals surface area contributed by atoms with Gasteiger partial charge in [0.15, 0.2) is 0 Å². The van der Waals surface area contributed by atoms with Crippen LogP contribution in [0.4, 0.5) is 0 Å². The van der Waals surface area contributed by atoms with Gasteiger partial charge < -0.3 is 20.1 Å². The lowest BCUT2D eigenvalue weighted by Crippen LogP contribution is -2.34. The summed E-state index contributed by atoms with van der Waals surface area (Å²) in [5, 5.41) is 11.4. The van der Waals surface area contributed by atoms with Gasteiger partial charge in [-0.3, -0.25) is 9.67 Å². The third kappa shape index (κ3) is 6.48. The van der Waals surface area contributed by atoms with E-state index in [1.54, 1.807) is 31.3 Å². The van der Waals surface area contributed by atoms with Gasteiger partial charge in [-0.05, 0) is 35.4 Å². The molecule has 0 amide bonds. The molecular formula is C26H33ClN6O2. The first-order valence-corrected chi connectivity index (χ1v) is 11.4. The summed E-state index contributed by atoms with van der Waals surface area (Å²) >= 11 is 0.